The fourth-order valence-electron chi connectivity index (χ4n) is 1.73. The standard InChI is InChI=1S/C13H28N2/c1-4-5-6-7-8-9-13(15-14)11-10-12(2)3/h13,15H,2,4-11,14H2,1,3H3. The van der Waals surface area contributed by atoms with E-state index in [1.165, 1.54) is 44.1 Å². The van der Waals surface area contributed by atoms with Gasteiger partial charge >= 0.3 is 0 Å². The molecular formula is C13H28N2. The van der Waals surface area contributed by atoms with Crippen LogP contribution in [0.25, 0.3) is 0 Å². The van der Waals surface area contributed by atoms with E-state index in [0.29, 0.717) is 6.04 Å². The number of unbranched alkanes of at least 4 members (excludes halogenated alkanes) is 4. The number of hydrogen-bond donors (Lipinski definition) is 2. The first-order valence-electron chi connectivity index (χ1n) is 6.31. The molecule has 2 heteroatoms. The molecule has 0 rings (SSSR count). The van der Waals surface area contributed by atoms with E-state index in [0.717, 1.165) is 12.8 Å². The van der Waals surface area contributed by atoms with Gasteiger partial charge in [-0.1, -0.05) is 44.6 Å². The summed E-state index contributed by atoms with van der Waals surface area (Å²) in [5.74, 6) is 5.52. The largest absolute Gasteiger partial charge is 0.271 e. The Hall–Kier alpha value is -0.340. The van der Waals surface area contributed by atoms with Crippen molar-refractivity contribution >= 4 is 0 Å². The van der Waals surface area contributed by atoms with Crippen molar-refractivity contribution in [2.45, 2.75) is 71.3 Å². The summed E-state index contributed by atoms with van der Waals surface area (Å²) >= 11 is 0. The zero-order chi connectivity index (χ0) is 11.5. The summed E-state index contributed by atoms with van der Waals surface area (Å²) < 4.78 is 0. The van der Waals surface area contributed by atoms with Crippen molar-refractivity contribution < 1.29 is 0 Å². The molecular weight excluding hydrogens is 184 g/mol. The second kappa shape index (κ2) is 10.2. The van der Waals surface area contributed by atoms with Crippen LogP contribution in [0.15, 0.2) is 12.2 Å². The monoisotopic (exact) mass is 212 g/mol. The van der Waals surface area contributed by atoms with Gasteiger partial charge in [0.1, 0.15) is 0 Å². The van der Waals surface area contributed by atoms with Gasteiger partial charge in [0.2, 0.25) is 0 Å². The van der Waals surface area contributed by atoms with Crippen LogP contribution in [0.1, 0.15) is 65.2 Å². The molecule has 1 unspecified atom stereocenters. The van der Waals surface area contributed by atoms with E-state index in [-0.39, 0.29) is 0 Å². The maximum atomic E-state index is 5.52. The molecule has 0 aliphatic heterocycles. The zero-order valence-corrected chi connectivity index (χ0v) is 10.5. The van der Waals surface area contributed by atoms with Crippen LogP contribution in [0.4, 0.5) is 0 Å². The first-order valence-corrected chi connectivity index (χ1v) is 6.31. The normalized spacial score (nSPS) is 12.7. The Morgan fingerprint density at radius 1 is 1.20 bits per heavy atom. The van der Waals surface area contributed by atoms with Gasteiger partial charge < -0.3 is 0 Å². The third-order valence-electron chi connectivity index (χ3n) is 2.81. The minimum absolute atomic E-state index is 0.475. The van der Waals surface area contributed by atoms with Crippen LogP contribution in [0.5, 0.6) is 0 Å². The lowest BCUT2D eigenvalue weighted by Gasteiger charge is -2.15. The molecule has 15 heavy (non-hydrogen) atoms. The van der Waals surface area contributed by atoms with E-state index < -0.39 is 0 Å². The van der Waals surface area contributed by atoms with Crippen molar-refractivity contribution in [3.8, 4) is 0 Å². The molecule has 0 aliphatic carbocycles. The van der Waals surface area contributed by atoms with Crippen molar-refractivity contribution in [1.82, 2.24) is 5.43 Å². The highest BCUT2D eigenvalue weighted by molar-refractivity contribution is 4.88. The van der Waals surface area contributed by atoms with Crippen LogP contribution < -0.4 is 11.3 Å². The van der Waals surface area contributed by atoms with Crippen molar-refractivity contribution in [2.75, 3.05) is 0 Å². The lowest BCUT2D eigenvalue weighted by molar-refractivity contribution is 0.439. The summed E-state index contributed by atoms with van der Waals surface area (Å²) in [5.41, 5.74) is 4.16. The van der Waals surface area contributed by atoms with E-state index in [1.54, 1.807) is 0 Å². The number of rotatable bonds is 10. The van der Waals surface area contributed by atoms with E-state index in [1.807, 2.05) is 0 Å². The molecule has 0 fully saturated rings. The third kappa shape index (κ3) is 9.95. The maximum Gasteiger partial charge on any atom is 0.0213 e. The molecule has 90 valence electrons. The molecule has 0 aromatic rings. The van der Waals surface area contributed by atoms with Gasteiger partial charge in [-0.05, 0) is 26.2 Å². The average molecular weight is 212 g/mol. The smallest absolute Gasteiger partial charge is 0.0213 e. The molecule has 0 amide bonds. The first-order chi connectivity index (χ1) is 7.20. The van der Waals surface area contributed by atoms with Gasteiger partial charge in [0, 0.05) is 6.04 Å². The van der Waals surface area contributed by atoms with Gasteiger partial charge in [-0.25, -0.2) is 0 Å². The van der Waals surface area contributed by atoms with E-state index in [4.69, 9.17) is 5.84 Å². The molecule has 2 nitrogen and oxygen atoms in total. The van der Waals surface area contributed by atoms with Crippen LogP contribution in [0.2, 0.25) is 0 Å². The molecule has 0 spiro atoms. The average Bonchev–Trinajstić information content (AvgIpc) is 2.22. The van der Waals surface area contributed by atoms with E-state index in [9.17, 15) is 0 Å². The van der Waals surface area contributed by atoms with E-state index in [2.05, 4.69) is 25.9 Å². The number of nitrogens with one attached hydrogen (secondary N) is 1. The highest BCUT2D eigenvalue weighted by Gasteiger charge is 2.05. The molecule has 1 atom stereocenters. The molecule has 0 aliphatic rings. The second-order valence-corrected chi connectivity index (χ2v) is 4.56. The van der Waals surface area contributed by atoms with Gasteiger partial charge in [0.15, 0.2) is 0 Å². The Bertz CT molecular complexity index is 155. The summed E-state index contributed by atoms with van der Waals surface area (Å²) in [5, 5.41) is 0. The first kappa shape index (κ1) is 14.7. The number of hydrazine groups is 1. The van der Waals surface area contributed by atoms with E-state index >= 15 is 0 Å². The highest BCUT2D eigenvalue weighted by atomic mass is 15.2. The van der Waals surface area contributed by atoms with Crippen LogP contribution in [0, 0.1) is 0 Å². The lowest BCUT2D eigenvalue weighted by Crippen LogP contribution is -2.35. The summed E-state index contributed by atoms with van der Waals surface area (Å²) in [6, 6.07) is 0.475. The lowest BCUT2D eigenvalue weighted by atomic mass is 10.0. The van der Waals surface area contributed by atoms with Gasteiger partial charge in [-0.2, -0.15) is 0 Å². The molecule has 0 heterocycles. The summed E-state index contributed by atoms with van der Waals surface area (Å²) in [6.07, 6.45) is 10.1. The minimum atomic E-state index is 0.475. The Morgan fingerprint density at radius 3 is 2.40 bits per heavy atom. The van der Waals surface area contributed by atoms with Crippen LogP contribution in [-0.4, -0.2) is 6.04 Å². The molecule has 0 radical (unpaired) electrons. The fourth-order valence-corrected chi connectivity index (χ4v) is 1.73. The van der Waals surface area contributed by atoms with Crippen LogP contribution in [-0.2, 0) is 0 Å². The molecule has 0 aromatic heterocycles. The number of hydrogen-bond acceptors (Lipinski definition) is 2. The molecule has 0 saturated carbocycles. The summed E-state index contributed by atoms with van der Waals surface area (Å²) in [7, 11) is 0. The van der Waals surface area contributed by atoms with Gasteiger partial charge in [0.25, 0.3) is 0 Å². The van der Waals surface area contributed by atoms with Crippen molar-refractivity contribution in [2.24, 2.45) is 5.84 Å². The number of nitrogens with two attached hydrogens (primary N) is 1. The Balaban J connectivity index is 3.40. The topological polar surface area (TPSA) is 38.0 Å². The van der Waals surface area contributed by atoms with Crippen molar-refractivity contribution in [3.63, 3.8) is 0 Å². The maximum absolute atomic E-state index is 5.52. The summed E-state index contributed by atoms with van der Waals surface area (Å²) in [4.78, 5) is 0. The van der Waals surface area contributed by atoms with Crippen LogP contribution in [0.3, 0.4) is 0 Å². The summed E-state index contributed by atoms with van der Waals surface area (Å²) in [6.45, 7) is 8.24. The molecule has 0 bridgehead atoms. The van der Waals surface area contributed by atoms with Gasteiger partial charge in [-0.15, -0.1) is 6.58 Å². The van der Waals surface area contributed by atoms with Crippen LogP contribution >= 0.6 is 0 Å². The van der Waals surface area contributed by atoms with Crippen molar-refractivity contribution in [1.29, 1.82) is 0 Å². The fraction of sp³-hybridized carbons (Fsp3) is 0.846. The predicted molar refractivity (Wildman–Crippen MR) is 68.5 cm³/mol. The second-order valence-electron chi connectivity index (χ2n) is 4.56. The Labute approximate surface area is 95.3 Å². The third-order valence-corrected chi connectivity index (χ3v) is 2.81. The SMILES string of the molecule is C=C(C)CCC(CCCCCCC)NN. The molecule has 0 aromatic carbocycles. The minimum Gasteiger partial charge on any atom is -0.271 e. The Kier molecular flexibility index (Phi) is 9.96. The Morgan fingerprint density at radius 2 is 1.87 bits per heavy atom. The predicted octanol–water partition coefficient (Wildman–Crippen LogP) is 3.54. The molecule has 3 N–H and O–H groups in total. The zero-order valence-electron chi connectivity index (χ0n) is 10.5. The number of allylic oxidation sites excluding steroid dienone is 1. The van der Waals surface area contributed by atoms with Gasteiger partial charge in [0.05, 0.1) is 0 Å². The van der Waals surface area contributed by atoms with Crippen molar-refractivity contribution in [3.05, 3.63) is 12.2 Å². The highest BCUT2D eigenvalue weighted by Crippen LogP contribution is 2.12. The quantitative estimate of drug-likeness (QED) is 0.251. The molecule has 0 saturated heterocycles. The van der Waals surface area contributed by atoms with Gasteiger partial charge in [-0.3, -0.25) is 11.3 Å².